The molecule has 1 aliphatic heterocycles. The third kappa shape index (κ3) is 2.01. The lowest BCUT2D eigenvalue weighted by Crippen LogP contribution is -2.25. The Bertz CT molecular complexity index is 711. The van der Waals surface area contributed by atoms with Gasteiger partial charge in [0, 0.05) is 30.3 Å². The van der Waals surface area contributed by atoms with Crippen LogP contribution < -0.4 is 14.9 Å². The summed E-state index contributed by atoms with van der Waals surface area (Å²) in [6, 6.07) is 3.90. The third-order valence-electron chi connectivity index (χ3n) is 2.71. The summed E-state index contributed by atoms with van der Waals surface area (Å²) in [5.74, 6) is -0.259. The highest BCUT2D eigenvalue weighted by molar-refractivity contribution is 5.83. The van der Waals surface area contributed by atoms with E-state index in [9.17, 15) is 13.6 Å². The van der Waals surface area contributed by atoms with Gasteiger partial charge >= 0.3 is 6.29 Å². The van der Waals surface area contributed by atoms with Crippen molar-refractivity contribution in [1.29, 1.82) is 0 Å². The average Bonchev–Trinajstić information content (AvgIpc) is 2.60. The summed E-state index contributed by atoms with van der Waals surface area (Å²) in [6.45, 7) is 0.218. The number of fused-ring (bicyclic) bond motifs is 2. The van der Waals surface area contributed by atoms with Gasteiger partial charge in [0.05, 0.1) is 12.1 Å². The van der Waals surface area contributed by atoms with Crippen molar-refractivity contribution in [1.82, 2.24) is 4.98 Å². The van der Waals surface area contributed by atoms with Gasteiger partial charge in [0.1, 0.15) is 0 Å². The van der Waals surface area contributed by atoms with Gasteiger partial charge in [-0.1, -0.05) is 0 Å². The first-order valence-corrected chi connectivity index (χ1v) is 5.43. The normalized spacial score (nSPS) is 15.9. The van der Waals surface area contributed by atoms with E-state index in [-0.39, 0.29) is 28.9 Å². The second-order valence-corrected chi connectivity index (χ2v) is 4.10. The van der Waals surface area contributed by atoms with Crippen molar-refractivity contribution in [2.75, 3.05) is 7.11 Å². The smallest absolute Gasteiger partial charge is 0.395 e. The molecule has 0 radical (unpaired) electrons. The Morgan fingerprint density at radius 3 is 2.63 bits per heavy atom. The van der Waals surface area contributed by atoms with Crippen molar-refractivity contribution in [3.63, 3.8) is 0 Å². The number of methoxy groups -OCH3 is 1. The number of rotatable bonds is 2. The number of alkyl halides is 2. The molecule has 7 heteroatoms. The molecule has 19 heavy (non-hydrogen) atoms. The molecule has 0 saturated carbocycles. The van der Waals surface area contributed by atoms with E-state index in [2.05, 4.69) is 14.5 Å². The highest BCUT2D eigenvalue weighted by atomic mass is 19.3. The Morgan fingerprint density at radius 2 is 1.95 bits per heavy atom. The second kappa shape index (κ2) is 3.92. The lowest BCUT2D eigenvalue weighted by atomic mass is 10.1. The van der Waals surface area contributed by atoms with Crippen LogP contribution in [0.4, 0.5) is 8.78 Å². The molecule has 5 nitrogen and oxygen atoms in total. The minimum Gasteiger partial charge on any atom is -0.395 e. The SMILES string of the molecule is COCc1cc(=O)c2cc3c(cc2[nH]1)OC(F)(F)O3. The van der Waals surface area contributed by atoms with Gasteiger partial charge in [0.15, 0.2) is 16.9 Å². The molecule has 1 N–H and O–H groups in total. The summed E-state index contributed by atoms with van der Waals surface area (Å²) in [6.07, 6.45) is -3.70. The topological polar surface area (TPSA) is 60.6 Å². The van der Waals surface area contributed by atoms with Crippen LogP contribution in [0.2, 0.25) is 0 Å². The van der Waals surface area contributed by atoms with Crippen LogP contribution in [-0.2, 0) is 11.3 Å². The number of benzene rings is 1. The van der Waals surface area contributed by atoms with Crippen molar-refractivity contribution in [3.05, 3.63) is 34.1 Å². The molecule has 0 amide bonds. The van der Waals surface area contributed by atoms with Crippen LogP contribution in [0.5, 0.6) is 11.5 Å². The fraction of sp³-hybridized carbons (Fsp3) is 0.250. The number of nitrogens with one attached hydrogen (secondary N) is 1. The molecule has 0 unspecified atom stereocenters. The first-order valence-electron chi connectivity index (χ1n) is 5.43. The van der Waals surface area contributed by atoms with Crippen molar-refractivity contribution in [3.8, 4) is 11.5 Å². The van der Waals surface area contributed by atoms with Crippen molar-refractivity contribution >= 4 is 10.9 Å². The van der Waals surface area contributed by atoms with Crippen LogP contribution in [0.1, 0.15) is 5.69 Å². The predicted octanol–water partition coefficient (Wildman–Crippen LogP) is 2.00. The van der Waals surface area contributed by atoms with Gasteiger partial charge in [-0.25, -0.2) is 0 Å². The van der Waals surface area contributed by atoms with Crippen LogP contribution in [-0.4, -0.2) is 18.4 Å². The molecule has 0 aliphatic carbocycles. The molecule has 1 aliphatic rings. The van der Waals surface area contributed by atoms with Gasteiger partial charge in [-0.2, -0.15) is 0 Å². The highest BCUT2D eigenvalue weighted by Crippen LogP contribution is 2.42. The number of pyridine rings is 1. The van der Waals surface area contributed by atoms with Gasteiger partial charge in [-0.05, 0) is 6.07 Å². The Morgan fingerprint density at radius 1 is 1.26 bits per heavy atom. The van der Waals surface area contributed by atoms with E-state index in [0.717, 1.165) is 0 Å². The van der Waals surface area contributed by atoms with E-state index in [1.165, 1.54) is 25.3 Å². The van der Waals surface area contributed by atoms with Gasteiger partial charge in [0.25, 0.3) is 0 Å². The van der Waals surface area contributed by atoms with Crippen LogP contribution in [0.15, 0.2) is 23.0 Å². The Hall–Kier alpha value is -2.15. The minimum atomic E-state index is -3.70. The quantitative estimate of drug-likeness (QED) is 0.905. The summed E-state index contributed by atoms with van der Waals surface area (Å²) in [5.41, 5.74) is 0.632. The zero-order chi connectivity index (χ0) is 13.6. The van der Waals surface area contributed by atoms with Crippen LogP contribution >= 0.6 is 0 Å². The molecule has 1 aromatic heterocycles. The Labute approximate surface area is 105 Å². The fourth-order valence-corrected chi connectivity index (χ4v) is 1.98. The second-order valence-electron chi connectivity index (χ2n) is 4.10. The first kappa shape index (κ1) is 11.9. The van der Waals surface area contributed by atoms with Gasteiger partial charge in [0.2, 0.25) is 0 Å². The molecule has 2 heterocycles. The molecule has 3 rings (SSSR count). The number of halogens is 2. The van der Waals surface area contributed by atoms with Crippen molar-refractivity contribution in [2.24, 2.45) is 0 Å². The number of hydrogen-bond donors (Lipinski definition) is 1. The third-order valence-corrected chi connectivity index (χ3v) is 2.71. The van der Waals surface area contributed by atoms with Gasteiger partial charge < -0.3 is 19.2 Å². The predicted molar refractivity (Wildman–Crippen MR) is 61.5 cm³/mol. The van der Waals surface area contributed by atoms with Gasteiger partial charge in [-0.15, -0.1) is 8.78 Å². The van der Waals surface area contributed by atoms with E-state index in [1.54, 1.807) is 0 Å². The molecular formula is C12H9F2NO4. The molecule has 0 bridgehead atoms. The number of H-pyrrole nitrogens is 1. The molecule has 0 fully saturated rings. The van der Waals surface area contributed by atoms with E-state index in [1.807, 2.05) is 0 Å². The fourth-order valence-electron chi connectivity index (χ4n) is 1.98. The minimum absolute atomic E-state index is 0.109. The Balaban J connectivity index is 2.18. The molecule has 2 aromatic rings. The summed E-state index contributed by atoms with van der Waals surface area (Å²) < 4.78 is 39.4. The molecule has 0 saturated heterocycles. The molecule has 0 atom stereocenters. The highest BCUT2D eigenvalue weighted by Gasteiger charge is 2.43. The molecule has 0 spiro atoms. The molecule has 100 valence electrons. The number of hydrogen-bond acceptors (Lipinski definition) is 4. The average molecular weight is 269 g/mol. The lowest BCUT2D eigenvalue weighted by Gasteiger charge is -2.04. The van der Waals surface area contributed by atoms with Gasteiger partial charge in [-0.3, -0.25) is 4.79 Å². The zero-order valence-corrected chi connectivity index (χ0v) is 9.83. The van der Waals surface area contributed by atoms with Crippen molar-refractivity contribution in [2.45, 2.75) is 12.9 Å². The van der Waals surface area contributed by atoms with Crippen LogP contribution in [0, 0.1) is 0 Å². The van der Waals surface area contributed by atoms with E-state index in [0.29, 0.717) is 11.2 Å². The largest absolute Gasteiger partial charge is 0.586 e. The van der Waals surface area contributed by atoms with Crippen molar-refractivity contribution < 1.29 is 23.0 Å². The maximum absolute atomic E-state index is 12.9. The summed E-state index contributed by atoms with van der Waals surface area (Å²) in [7, 11) is 1.49. The molecule has 1 aromatic carbocycles. The number of ether oxygens (including phenoxy) is 3. The van der Waals surface area contributed by atoms with E-state index in [4.69, 9.17) is 4.74 Å². The molecular weight excluding hydrogens is 260 g/mol. The standard InChI is InChI=1S/C12H9F2NO4/c1-17-5-6-2-9(16)7-3-10-11(4-8(7)15-6)19-12(13,14)18-10/h2-4H,5H2,1H3,(H,15,16). The maximum Gasteiger partial charge on any atom is 0.586 e. The van der Waals surface area contributed by atoms with Crippen LogP contribution in [0.3, 0.4) is 0 Å². The maximum atomic E-state index is 12.9. The van der Waals surface area contributed by atoms with E-state index < -0.39 is 6.29 Å². The first-order chi connectivity index (χ1) is 8.98. The lowest BCUT2D eigenvalue weighted by molar-refractivity contribution is -0.286. The summed E-state index contributed by atoms with van der Waals surface area (Å²) in [5, 5.41) is 0.250. The Kier molecular flexibility index (Phi) is 2.46. The summed E-state index contributed by atoms with van der Waals surface area (Å²) in [4.78, 5) is 14.8. The number of aromatic nitrogens is 1. The van der Waals surface area contributed by atoms with E-state index >= 15 is 0 Å². The monoisotopic (exact) mass is 269 g/mol. The number of aromatic amines is 1. The zero-order valence-electron chi connectivity index (χ0n) is 9.83. The summed E-state index contributed by atoms with van der Waals surface area (Å²) >= 11 is 0. The van der Waals surface area contributed by atoms with Crippen LogP contribution in [0.25, 0.3) is 10.9 Å².